The Morgan fingerprint density at radius 3 is 2.65 bits per heavy atom. The Balaban J connectivity index is 2.26. The Morgan fingerprint density at radius 2 is 2.00 bits per heavy atom. The molecule has 0 fully saturated rings. The van der Waals surface area contributed by atoms with Crippen molar-refractivity contribution in [3.05, 3.63) is 23.5 Å². The fourth-order valence-corrected chi connectivity index (χ4v) is 3.69. The Morgan fingerprint density at radius 1 is 1.29 bits per heavy atom. The Hall–Kier alpha value is -0.790. The summed E-state index contributed by atoms with van der Waals surface area (Å²) in [7, 11) is 0. The number of anilines is 1. The third kappa shape index (κ3) is 2.91. The van der Waals surface area contributed by atoms with Crippen molar-refractivity contribution < 1.29 is 4.39 Å². The van der Waals surface area contributed by atoms with Crippen LogP contribution in [0, 0.1) is 12.7 Å². The molecule has 90 valence electrons. The van der Waals surface area contributed by atoms with Crippen molar-refractivity contribution >= 4 is 40.5 Å². The zero-order chi connectivity index (χ0) is 12.4. The summed E-state index contributed by atoms with van der Waals surface area (Å²) in [6.07, 6.45) is 1.95. The van der Waals surface area contributed by atoms with Gasteiger partial charge in [-0.05, 0) is 30.9 Å². The molecular formula is C10H10FN3S3. The predicted molar refractivity (Wildman–Crippen MR) is 71.4 cm³/mol. The van der Waals surface area contributed by atoms with E-state index in [1.54, 1.807) is 24.8 Å². The number of nitrogen functional groups attached to an aromatic ring is 1. The molecule has 17 heavy (non-hydrogen) atoms. The van der Waals surface area contributed by atoms with Crippen LogP contribution in [0.15, 0.2) is 25.7 Å². The van der Waals surface area contributed by atoms with Gasteiger partial charge in [0.05, 0.1) is 0 Å². The summed E-state index contributed by atoms with van der Waals surface area (Å²) in [4.78, 5) is 0.813. The SMILES string of the molecule is CSc1nnc(Sc2cc(C)c(F)cc2N)s1. The lowest BCUT2D eigenvalue weighted by Gasteiger charge is -2.05. The highest BCUT2D eigenvalue weighted by molar-refractivity contribution is 8.03. The molecule has 0 aliphatic heterocycles. The van der Waals surface area contributed by atoms with E-state index in [0.29, 0.717) is 11.3 Å². The van der Waals surface area contributed by atoms with Crippen molar-refractivity contribution in [2.24, 2.45) is 0 Å². The maximum Gasteiger partial charge on any atom is 0.179 e. The number of nitrogens with two attached hydrogens (primary N) is 1. The maximum atomic E-state index is 13.2. The summed E-state index contributed by atoms with van der Waals surface area (Å²) >= 11 is 4.46. The average Bonchev–Trinajstić information content (AvgIpc) is 2.73. The van der Waals surface area contributed by atoms with E-state index in [1.807, 2.05) is 6.26 Å². The number of aryl methyl sites for hydroxylation is 1. The minimum absolute atomic E-state index is 0.283. The van der Waals surface area contributed by atoms with Crippen molar-refractivity contribution in [2.45, 2.75) is 20.5 Å². The number of thioether (sulfide) groups is 1. The molecule has 3 nitrogen and oxygen atoms in total. The van der Waals surface area contributed by atoms with Crippen LogP contribution < -0.4 is 5.73 Å². The molecule has 2 rings (SSSR count). The minimum atomic E-state index is -0.283. The Labute approximate surface area is 111 Å². The van der Waals surface area contributed by atoms with Gasteiger partial charge in [-0.2, -0.15) is 0 Å². The van der Waals surface area contributed by atoms with E-state index in [4.69, 9.17) is 5.73 Å². The molecule has 1 heterocycles. The smallest absolute Gasteiger partial charge is 0.179 e. The molecule has 1 aromatic heterocycles. The largest absolute Gasteiger partial charge is 0.398 e. The van der Waals surface area contributed by atoms with Crippen LogP contribution in [0.4, 0.5) is 10.1 Å². The number of halogens is 1. The second kappa shape index (κ2) is 5.24. The molecule has 0 saturated carbocycles. The molecule has 0 unspecified atom stereocenters. The predicted octanol–water partition coefficient (Wildman–Crippen LogP) is 3.44. The van der Waals surface area contributed by atoms with E-state index in [0.717, 1.165) is 13.6 Å². The van der Waals surface area contributed by atoms with E-state index >= 15 is 0 Å². The molecular weight excluding hydrogens is 277 g/mol. The van der Waals surface area contributed by atoms with Gasteiger partial charge in [-0.15, -0.1) is 10.2 Å². The molecule has 0 amide bonds. The monoisotopic (exact) mass is 287 g/mol. The van der Waals surface area contributed by atoms with Gasteiger partial charge < -0.3 is 5.73 Å². The second-order valence-corrected chi connectivity index (χ2v) is 6.60. The third-order valence-electron chi connectivity index (χ3n) is 2.05. The molecule has 0 spiro atoms. The first-order valence-electron chi connectivity index (χ1n) is 4.71. The van der Waals surface area contributed by atoms with Gasteiger partial charge in [-0.1, -0.05) is 34.9 Å². The standard InChI is InChI=1S/C10H10FN3S3/c1-5-3-8(7(12)4-6(5)11)16-10-14-13-9(15-2)17-10/h3-4H,12H2,1-2H3. The fraction of sp³-hybridized carbons (Fsp3) is 0.200. The van der Waals surface area contributed by atoms with Crippen LogP contribution in [0.1, 0.15) is 5.56 Å². The molecule has 0 bridgehead atoms. The van der Waals surface area contributed by atoms with Gasteiger partial charge in [0.1, 0.15) is 5.82 Å². The van der Waals surface area contributed by atoms with E-state index in [-0.39, 0.29) is 5.82 Å². The summed E-state index contributed by atoms with van der Waals surface area (Å²) in [6, 6.07) is 3.07. The first-order valence-corrected chi connectivity index (χ1v) is 7.57. The lowest BCUT2D eigenvalue weighted by atomic mass is 10.2. The fourth-order valence-electron chi connectivity index (χ4n) is 1.17. The average molecular weight is 287 g/mol. The summed E-state index contributed by atoms with van der Waals surface area (Å²) in [5.74, 6) is -0.283. The second-order valence-electron chi connectivity index (χ2n) is 3.28. The number of rotatable bonds is 3. The Kier molecular flexibility index (Phi) is 3.90. The normalized spacial score (nSPS) is 10.8. The molecule has 0 aliphatic carbocycles. The van der Waals surface area contributed by atoms with Gasteiger partial charge in [0.2, 0.25) is 0 Å². The van der Waals surface area contributed by atoms with E-state index in [1.165, 1.54) is 29.2 Å². The van der Waals surface area contributed by atoms with E-state index in [9.17, 15) is 4.39 Å². The van der Waals surface area contributed by atoms with Gasteiger partial charge in [-0.3, -0.25) is 0 Å². The van der Waals surface area contributed by atoms with Crippen LogP contribution >= 0.6 is 34.9 Å². The van der Waals surface area contributed by atoms with Gasteiger partial charge in [0, 0.05) is 10.6 Å². The zero-order valence-corrected chi connectivity index (χ0v) is 11.7. The number of hydrogen-bond donors (Lipinski definition) is 1. The first kappa shape index (κ1) is 12.7. The highest BCUT2D eigenvalue weighted by atomic mass is 32.2. The highest BCUT2D eigenvalue weighted by Gasteiger charge is 2.10. The lowest BCUT2D eigenvalue weighted by molar-refractivity contribution is 0.618. The summed E-state index contributed by atoms with van der Waals surface area (Å²) in [5, 5.41) is 8.03. The summed E-state index contributed by atoms with van der Waals surface area (Å²) < 4.78 is 15.0. The molecule has 2 aromatic rings. The molecule has 0 radical (unpaired) electrons. The van der Waals surface area contributed by atoms with Crippen LogP contribution in [-0.4, -0.2) is 16.5 Å². The van der Waals surface area contributed by atoms with Crippen molar-refractivity contribution in [1.82, 2.24) is 10.2 Å². The molecule has 0 saturated heterocycles. The molecule has 0 aliphatic rings. The van der Waals surface area contributed by atoms with Crippen LogP contribution in [0.2, 0.25) is 0 Å². The van der Waals surface area contributed by atoms with Crippen LogP contribution in [-0.2, 0) is 0 Å². The van der Waals surface area contributed by atoms with Crippen LogP contribution in [0.5, 0.6) is 0 Å². The summed E-state index contributed by atoms with van der Waals surface area (Å²) in [5.41, 5.74) is 6.78. The highest BCUT2D eigenvalue weighted by Crippen LogP contribution is 2.36. The van der Waals surface area contributed by atoms with Crippen molar-refractivity contribution in [1.29, 1.82) is 0 Å². The van der Waals surface area contributed by atoms with Crippen molar-refractivity contribution in [3.8, 4) is 0 Å². The van der Waals surface area contributed by atoms with Crippen molar-refractivity contribution in [2.75, 3.05) is 12.0 Å². The van der Waals surface area contributed by atoms with Gasteiger partial charge in [0.25, 0.3) is 0 Å². The molecule has 1 aromatic carbocycles. The quantitative estimate of drug-likeness (QED) is 0.692. The number of benzene rings is 1. The summed E-state index contributed by atoms with van der Waals surface area (Å²) in [6.45, 7) is 1.71. The molecule has 7 heteroatoms. The number of aromatic nitrogens is 2. The zero-order valence-electron chi connectivity index (χ0n) is 9.23. The molecule has 0 atom stereocenters. The Bertz CT molecular complexity index is 542. The number of nitrogens with zero attached hydrogens (tertiary/aromatic N) is 2. The van der Waals surface area contributed by atoms with Crippen LogP contribution in [0.25, 0.3) is 0 Å². The van der Waals surface area contributed by atoms with Gasteiger partial charge >= 0.3 is 0 Å². The van der Waals surface area contributed by atoms with Gasteiger partial charge in [-0.25, -0.2) is 4.39 Å². The third-order valence-corrected chi connectivity index (χ3v) is 5.07. The van der Waals surface area contributed by atoms with E-state index in [2.05, 4.69) is 10.2 Å². The van der Waals surface area contributed by atoms with Gasteiger partial charge in [0.15, 0.2) is 8.68 Å². The molecule has 2 N–H and O–H groups in total. The van der Waals surface area contributed by atoms with E-state index < -0.39 is 0 Å². The maximum absolute atomic E-state index is 13.2. The minimum Gasteiger partial charge on any atom is -0.398 e. The topological polar surface area (TPSA) is 51.8 Å². The van der Waals surface area contributed by atoms with Crippen molar-refractivity contribution in [3.63, 3.8) is 0 Å². The number of hydrogen-bond acceptors (Lipinski definition) is 6. The lowest BCUT2D eigenvalue weighted by Crippen LogP contribution is -1.92. The van der Waals surface area contributed by atoms with Crippen LogP contribution in [0.3, 0.4) is 0 Å². The first-order chi connectivity index (χ1) is 8.10.